The van der Waals surface area contributed by atoms with Crippen LogP contribution in [0, 0.1) is 5.41 Å². The van der Waals surface area contributed by atoms with E-state index in [9.17, 15) is 23.1 Å². The molecule has 1 saturated heterocycles. The van der Waals surface area contributed by atoms with E-state index in [1.54, 1.807) is 12.3 Å². The third kappa shape index (κ3) is 6.13. The van der Waals surface area contributed by atoms with Crippen LogP contribution in [0.15, 0.2) is 30.5 Å². The van der Waals surface area contributed by atoms with Gasteiger partial charge in [-0.2, -0.15) is 13.2 Å². The Hall–Kier alpha value is -2.33. The van der Waals surface area contributed by atoms with Crippen LogP contribution in [0.4, 0.5) is 23.1 Å². The quantitative estimate of drug-likeness (QED) is 0.553. The van der Waals surface area contributed by atoms with Crippen molar-refractivity contribution in [2.24, 2.45) is 5.41 Å². The lowest BCUT2D eigenvalue weighted by Crippen LogP contribution is -2.58. The second-order valence-corrected chi connectivity index (χ2v) is 10.1. The number of piperidine rings is 1. The fraction of sp³-hybridized carbons (Fsp3) is 0.545. The number of halogens is 3. The van der Waals surface area contributed by atoms with Crippen molar-refractivity contribution in [2.75, 3.05) is 11.9 Å². The lowest BCUT2D eigenvalue weighted by atomic mass is 9.78. The molecule has 3 rings (SSSR count). The molecule has 2 unspecified atom stereocenters. The molecule has 32 heavy (non-hydrogen) atoms. The Morgan fingerprint density at radius 3 is 2.72 bits per heavy atom. The van der Waals surface area contributed by atoms with Gasteiger partial charge in [-0.15, -0.1) is 0 Å². The van der Waals surface area contributed by atoms with Crippen LogP contribution in [0.3, 0.4) is 0 Å². The summed E-state index contributed by atoms with van der Waals surface area (Å²) in [5.41, 5.74) is -0.490. The van der Waals surface area contributed by atoms with Crippen LogP contribution < -0.4 is 5.32 Å². The van der Waals surface area contributed by atoms with Gasteiger partial charge in [-0.1, -0.05) is 44.2 Å². The number of aromatic nitrogens is 1. The zero-order valence-electron chi connectivity index (χ0n) is 18.3. The van der Waals surface area contributed by atoms with Crippen molar-refractivity contribution >= 4 is 22.6 Å². The van der Waals surface area contributed by atoms with Crippen LogP contribution in [0.1, 0.15) is 49.6 Å². The van der Waals surface area contributed by atoms with Gasteiger partial charge >= 0.3 is 12.3 Å². The number of thiazole rings is 1. The van der Waals surface area contributed by atoms with Crippen LogP contribution in [-0.2, 0) is 24.1 Å². The number of carbonyl (C=O) groups is 1. The fourth-order valence-corrected chi connectivity index (χ4v) is 4.95. The maximum absolute atomic E-state index is 12.8. The fourth-order valence-electron chi connectivity index (χ4n) is 4.14. The van der Waals surface area contributed by atoms with Gasteiger partial charge in [0.15, 0.2) is 5.13 Å². The summed E-state index contributed by atoms with van der Waals surface area (Å²) in [6, 6.07) is 4.82. The third-order valence-electron chi connectivity index (χ3n) is 5.39. The first-order chi connectivity index (χ1) is 14.9. The van der Waals surface area contributed by atoms with E-state index in [-0.39, 0.29) is 30.7 Å². The van der Waals surface area contributed by atoms with Crippen molar-refractivity contribution in [1.82, 2.24) is 9.88 Å². The Morgan fingerprint density at radius 2 is 2.06 bits per heavy atom. The summed E-state index contributed by atoms with van der Waals surface area (Å²) in [5.74, 6) is 0. The molecule has 0 radical (unpaired) electrons. The molecule has 1 aromatic carbocycles. The molecule has 1 aliphatic rings. The number of amides is 1. The number of carboxylic acid groups (broad SMARTS) is 1. The molecule has 1 aromatic heterocycles. The van der Waals surface area contributed by atoms with E-state index >= 15 is 0 Å². The SMILES string of the molecule is CC(C)(C)C1C(Nc2ncc(COCc3cccc(C(F)(F)F)c3)s2)CCCN1C(=O)O. The highest BCUT2D eigenvalue weighted by atomic mass is 32.1. The van der Waals surface area contributed by atoms with Crippen LogP contribution in [0.5, 0.6) is 0 Å². The topological polar surface area (TPSA) is 74.7 Å². The van der Waals surface area contributed by atoms with Gasteiger partial charge in [0.05, 0.1) is 29.7 Å². The molecule has 1 aliphatic heterocycles. The van der Waals surface area contributed by atoms with E-state index in [2.05, 4.69) is 10.3 Å². The maximum atomic E-state index is 12.8. The van der Waals surface area contributed by atoms with E-state index in [0.29, 0.717) is 17.2 Å². The molecular weight excluding hydrogens is 443 g/mol. The number of alkyl halides is 3. The Labute approximate surface area is 189 Å². The molecular formula is C22H28F3N3O3S. The predicted molar refractivity (Wildman–Crippen MR) is 117 cm³/mol. The number of ether oxygens (including phenoxy) is 1. The first-order valence-corrected chi connectivity index (χ1v) is 11.2. The van der Waals surface area contributed by atoms with E-state index in [4.69, 9.17) is 4.74 Å². The molecule has 6 nitrogen and oxygen atoms in total. The summed E-state index contributed by atoms with van der Waals surface area (Å²) in [6.07, 6.45) is -2.02. The van der Waals surface area contributed by atoms with Gasteiger partial charge in [-0.05, 0) is 36.0 Å². The number of likely N-dealkylation sites (tertiary alicyclic amines) is 1. The van der Waals surface area contributed by atoms with Crippen LogP contribution in [0.2, 0.25) is 0 Å². The average Bonchev–Trinajstić information content (AvgIpc) is 3.13. The van der Waals surface area contributed by atoms with Gasteiger partial charge in [0.2, 0.25) is 0 Å². The number of nitrogens with zero attached hydrogens (tertiary/aromatic N) is 2. The van der Waals surface area contributed by atoms with Crippen LogP contribution in [-0.4, -0.2) is 39.7 Å². The third-order valence-corrected chi connectivity index (χ3v) is 6.30. The van der Waals surface area contributed by atoms with Crippen molar-refractivity contribution in [1.29, 1.82) is 0 Å². The summed E-state index contributed by atoms with van der Waals surface area (Å²) < 4.78 is 44.1. The minimum absolute atomic E-state index is 0.0624. The number of anilines is 1. The van der Waals surface area contributed by atoms with Crippen molar-refractivity contribution in [3.05, 3.63) is 46.5 Å². The molecule has 2 atom stereocenters. The molecule has 0 saturated carbocycles. The normalized spacial score (nSPS) is 19.8. The average molecular weight is 472 g/mol. The minimum atomic E-state index is -4.38. The molecule has 2 heterocycles. The summed E-state index contributed by atoms with van der Waals surface area (Å²) in [6.45, 7) is 6.90. The largest absolute Gasteiger partial charge is 0.465 e. The summed E-state index contributed by atoms with van der Waals surface area (Å²) in [7, 11) is 0. The molecule has 0 aliphatic carbocycles. The van der Waals surface area contributed by atoms with Crippen molar-refractivity contribution < 1.29 is 27.8 Å². The first-order valence-electron chi connectivity index (χ1n) is 10.4. The molecule has 10 heteroatoms. The van der Waals surface area contributed by atoms with Gasteiger partial charge in [-0.3, -0.25) is 0 Å². The predicted octanol–water partition coefficient (Wildman–Crippen LogP) is 5.85. The van der Waals surface area contributed by atoms with Crippen molar-refractivity contribution in [3.63, 3.8) is 0 Å². The summed E-state index contributed by atoms with van der Waals surface area (Å²) >= 11 is 1.40. The smallest absolute Gasteiger partial charge is 0.416 e. The number of nitrogens with one attached hydrogen (secondary N) is 1. The molecule has 2 aromatic rings. The van der Waals surface area contributed by atoms with Gasteiger partial charge in [0.25, 0.3) is 0 Å². The number of rotatable bonds is 6. The monoisotopic (exact) mass is 471 g/mol. The summed E-state index contributed by atoms with van der Waals surface area (Å²) in [4.78, 5) is 18.5. The highest BCUT2D eigenvalue weighted by Gasteiger charge is 2.42. The molecule has 0 bridgehead atoms. The minimum Gasteiger partial charge on any atom is -0.465 e. The van der Waals surface area contributed by atoms with E-state index in [1.807, 2.05) is 20.8 Å². The zero-order valence-corrected chi connectivity index (χ0v) is 19.1. The molecule has 1 amide bonds. The molecule has 0 spiro atoms. The molecule has 1 fully saturated rings. The Morgan fingerprint density at radius 1 is 1.31 bits per heavy atom. The standard InChI is InChI=1S/C22H28F3N3O3S/c1-21(2,3)18-17(8-5-9-28(18)20(29)30)27-19-26-11-16(32-19)13-31-12-14-6-4-7-15(10-14)22(23,24)25/h4,6-7,10-11,17-18H,5,8-9,12-13H2,1-3H3,(H,26,27)(H,29,30). The van der Waals surface area contributed by atoms with Gasteiger partial charge in [0, 0.05) is 18.8 Å². The van der Waals surface area contributed by atoms with Gasteiger partial charge in [0.1, 0.15) is 0 Å². The van der Waals surface area contributed by atoms with E-state index in [1.165, 1.54) is 22.3 Å². The van der Waals surface area contributed by atoms with E-state index < -0.39 is 17.8 Å². The van der Waals surface area contributed by atoms with Crippen LogP contribution in [0.25, 0.3) is 0 Å². The lowest BCUT2D eigenvalue weighted by molar-refractivity contribution is -0.137. The van der Waals surface area contributed by atoms with Gasteiger partial charge in [-0.25, -0.2) is 9.78 Å². The Balaban J connectivity index is 1.59. The second kappa shape index (κ2) is 9.66. The Bertz CT molecular complexity index is 927. The summed E-state index contributed by atoms with van der Waals surface area (Å²) in [5, 5.41) is 13.7. The number of hydrogen-bond donors (Lipinski definition) is 2. The Kier molecular flexibility index (Phi) is 7.34. The maximum Gasteiger partial charge on any atom is 0.416 e. The highest BCUT2D eigenvalue weighted by molar-refractivity contribution is 7.15. The van der Waals surface area contributed by atoms with Crippen molar-refractivity contribution in [2.45, 2.75) is 65.1 Å². The number of hydrogen-bond acceptors (Lipinski definition) is 5. The van der Waals surface area contributed by atoms with Crippen molar-refractivity contribution in [3.8, 4) is 0 Å². The molecule has 176 valence electrons. The lowest BCUT2D eigenvalue weighted by Gasteiger charge is -2.46. The second-order valence-electron chi connectivity index (χ2n) is 9.00. The zero-order chi connectivity index (χ0) is 23.5. The van der Waals surface area contributed by atoms with Crippen LogP contribution >= 0.6 is 11.3 Å². The molecule has 2 N–H and O–H groups in total. The highest BCUT2D eigenvalue weighted by Crippen LogP contribution is 2.35. The number of benzene rings is 1. The van der Waals surface area contributed by atoms with E-state index in [0.717, 1.165) is 29.9 Å². The van der Waals surface area contributed by atoms with Gasteiger partial charge < -0.3 is 20.1 Å². The first kappa shape index (κ1) is 24.3.